The number of hydrogen-bond acceptors (Lipinski definition) is 4. The predicted octanol–water partition coefficient (Wildman–Crippen LogP) is 3.99. The molecule has 1 aromatic rings. The summed E-state index contributed by atoms with van der Waals surface area (Å²) in [7, 11) is 0. The summed E-state index contributed by atoms with van der Waals surface area (Å²) in [5.74, 6) is 1.91. The molecule has 1 unspecified atom stereocenters. The highest BCUT2D eigenvalue weighted by Crippen LogP contribution is 2.21. The van der Waals surface area contributed by atoms with Crippen LogP contribution in [-0.4, -0.2) is 22.6 Å². The molecule has 0 amide bonds. The second-order valence-corrected chi connectivity index (χ2v) is 5.00. The largest absolute Gasteiger partial charge is 0.370 e. The number of nitrogens with one attached hydrogen (secondary N) is 2. The fourth-order valence-corrected chi connectivity index (χ4v) is 2.22. The van der Waals surface area contributed by atoms with E-state index in [1.54, 1.807) is 6.33 Å². The first-order valence-corrected chi connectivity index (χ1v) is 7.54. The van der Waals surface area contributed by atoms with Gasteiger partial charge in [0.05, 0.1) is 0 Å². The first-order valence-electron chi connectivity index (χ1n) is 7.54. The first-order chi connectivity index (χ1) is 9.22. The molecule has 1 atom stereocenters. The SMILES string of the molecule is CCCCC(CCC)Nc1ncnc(NCC)c1C. The van der Waals surface area contributed by atoms with E-state index in [1.165, 1.54) is 32.1 Å². The maximum Gasteiger partial charge on any atom is 0.134 e. The highest BCUT2D eigenvalue weighted by Gasteiger charge is 2.11. The Morgan fingerprint density at radius 3 is 2.42 bits per heavy atom. The monoisotopic (exact) mass is 264 g/mol. The molecule has 0 aliphatic heterocycles. The highest BCUT2D eigenvalue weighted by molar-refractivity contribution is 5.56. The molecule has 0 aromatic carbocycles. The van der Waals surface area contributed by atoms with Crippen molar-refractivity contribution in [1.29, 1.82) is 0 Å². The lowest BCUT2D eigenvalue weighted by Gasteiger charge is -2.20. The van der Waals surface area contributed by atoms with E-state index in [9.17, 15) is 0 Å². The normalized spacial score (nSPS) is 12.2. The Bertz CT molecular complexity index is 365. The molecular formula is C15H28N4. The van der Waals surface area contributed by atoms with Gasteiger partial charge in [-0.05, 0) is 26.7 Å². The minimum absolute atomic E-state index is 0.521. The Kier molecular flexibility index (Phi) is 7.23. The first kappa shape index (κ1) is 15.7. The van der Waals surface area contributed by atoms with Crippen molar-refractivity contribution in [3.63, 3.8) is 0 Å². The Balaban J connectivity index is 2.74. The van der Waals surface area contributed by atoms with Crippen LogP contribution < -0.4 is 10.6 Å². The molecule has 0 radical (unpaired) electrons. The molecule has 0 spiro atoms. The molecule has 1 rings (SSSR count). The maximum absolute atomic E-state index is 4.39. The Labute approximate surface area is 117 Å². The van der Waals surface area contributed by atoms with Crippen molar-refractivity contribution >= 4 is 11.6 Å². The third-order valence-electron chi connectivity index (χ3n) is 3.31. The van der Waals surface area contributed by atoms with Gasteiger partial charge < -0.3 is 10.6 Å². The summed E-state index contributed by atoms with van der Waals surface area (Å²) in [5.41, 5.74) is 1.11. The fourth-order valence-electron chi connectivity index (χ4n) is 2.22. The van der Waals surface area contributed by atoms with Crippen molar-refractivity contribution in [2.75, 3.05) is 17.2 Å². The van der Waals surface area contributed by atoms with Gasteiger partial charge in [-0.15, -0.1) is 0 Å². The number of anilines is 2. The summed E-state index contributed by atoms with van der Waals surface area (Å²) >= 11 is 0. The van der Waals surface area contributed by atoms with Gasteiger partial charge in [-0.2, -0.15) is 0 Å². The van der Waals surface area contributed by atoms with E-state index in [1.807, 2.05) is 0 Å². The summed E-state index contributed by atoms with van der Waals surface area (Å²) in [6, 6.07) is 0.521. The third kappa shape index (κ3) is 5.05. The molecular weight excluding hydrogens is 236 g/mol. The molecule has 4 nitrogen and oxygen atoms in total. The average Bonchev–Trinajstić information content (AvgIpc) is 2.41. The Hall–Kier alpha value is -1.32. The number of unbranched alkanes of at least 4 members (excludes halogenated alkanes) is 1. The third-order valence-corrected chi connectivity index (χ3v) is 3.31. The summed E-state index contributed by atoms with van der Waals surface area (Å²) in [5, 5.41) is 6.86. The summed E-state index contributed by atoms with van der Waals surface area (Å²) in [6.07, 6.45) is 7.75. The second kappa shape index (κ2) is 8.73. The van der Waals surface area contributed by atoms with E-state index in [0.29, 0.717) is 6.04 Å². The summed E-state index contributed by atoms with van der Waals surface area (Å²) in [4.78, 5) is 8.67. The molecule has 108 valence electrons. The lowest BCUT2D eigenvalue weighted by molar-refractivity contribution is 0.562. The predicted molar refractivity (Wildman–Crippen MR) is 82.8 cm³/mol. The molecule has 2 N–H and O–H groups in total. The van der Waals surface area contributed by atoms with Gasteiger partial charge in [-0.1, -0.05) is 33.1 Å². The molecule has 1 heterocycles. The van der Waals surface area contributed by atoms with Gasteiger partial charge in [0.2, 0.25) is 0 Å². The minimum Gasteiger partial charge on any atom is -0.370 e. The Morgan fingerprint density at radius 2 is 1.79 bits per heavy atom. The van der Waals surface area contributed by atoms with Crippen LogP contribution in [0.25, 0.3) is 0 Å². The van der Waals surface area contributed by atoms with Crippen LogP contribution in [0, 0.1) is 6.92 Å². The quantitative estimate of drug-likeness (QED) is 0.708. The second-order valence-electron chi connectivity index (χ2n) is 5.00. The molecule has 19 heavy (non-hydrogen) atoms. The lowest BCUT2D eigenvalue weighted by atomic mass is 10.0. The Morgan fingerprint density at radius 1 is 1.05 bits per heavy atom. The highest BCUT2D eigenvalue weighted by atomic mass is 15.1. The van der Waals surface area contributed by atoms with Crippen molar-refractivity contribution in [1.82, 2.24) is 9.97 Å². The van der Waals surface area contributed by atoms with Crippen molar-refractivity contribution in [2.45, 2.75) is 65.8 Å². The van der Waals surface area contributed by atoms with Crippen LogP contribution in [-0.2, 0) is 0 Å². The molecule has 0 aliphatic rings. The smallest absolute Gasteiger partial charge is 0.134 e. The lowest BCUT2D eigenvalue weighted by Crippen LogP contribution is -2.21. The van der Waals surface area contributed by atoms with Gasteiger partial charge in [0.15, 0.2) is 0 Å². The van der Waals surface area contributed by atoms with Gasteiger partial charge in [0.1, 0.15) is 18.0 Å². The van der Waals surface area contributed by atoms with Crippen molar-refractivity contribution in [3.05, 3.63) is 11.9 Å². The van der Waals surface area contributed by atoms with E-state index < -0.39 is 0 Å². The zero-order chi connectivity index (χ0) is 14.1. The van der Waals surface area contributed by atoms with Gasteiger partial charge in [0, 0.05) is 18.2 Å². The number of aromatic nitrogens is 2. The van der Waals surface area contributed by atoms with E-state index >= 15 is 0 Å². The minimum atomic E-state index is 0.521. The number of hydrogen-bond donors (Lipinski definition) is 2. The van der Waals surface area contributed by atoms with Crippen LogP contribution in [0.4, 0.5) is 11.6 Å². The van der Waals surface area contributed by atoms with E-state index in [4.69, 9.17) is 0 Å². The molecule has 0 aliphatic carbocycles. The molecule has 4 heteroatoms. The zero-order valence-electron chi connectivity index (χ0n) is 12.8. The standard InChI is InChI=1S/C15H28N4/c1-5-8-10-13(9-6-2)19-15-12(4)14(16-7-3)17-11-18-15/h11,13H,5-10H2,1-4H3,(H2,16,17,18,19). The van der Waals surface area contributed by atoms with Gasteiger partial charge in [-0.25, -0.2) is 9.97 Å². The van der Waals surface area contributed by atoms with Crippen LogP contribution >= 0.6 is 0 Å². The summed E-state index contributed by atoms with van der Waals surface area (Å²) in [6.45, 7) is 9.50. The van der Waals surface area contributed by atoms with Crippen molar-refractivity contribution < 1.29 is 0 Å². The molecule has 0 saturated carbocycles. The van der Waals surface area contributed by atoms with Crippen LogP contribution in [0.1, 0.15) is 58.4 Å². The number of rotatable bonds is 9. The van der Waals surface area contributed by atoms with Gasteiger partial charge in [0.25, 0.3) is 0 Å². The van der Waals surface area contributed by atoms with Crippen LogP contribution in [0.2, 0.25) is 0 Å². The fraction of sp³-hybridized carbons (Fsp3) is 0.733. The van der Waals surface area contributed by atoms with Crippen LogP contribution in [0.3, 0.4) is 0 Å². The molecule has 0 bridgehead atoms. The van der Waals surface area contributed by atoms with Crippen molar-refractivity contribution in [3.8, 4) is 0 Å². The van der Waals surface area contributed by atoms with Crippen LogP contribution in [0.5, 0.6) is 0 Å². The maximum atomic E-state index is 4.39. The van der Waals surface area contributed by atoms with Crippen LogP contribution in [0.15, 0.2) is 6.33 Å². The molecule has 0 fully saturated rings. The molecule has 1 aromatic heterocycles. The average molecular weight is 264 g/mol. The topological polar surface area (TPSA) is 49.8 Å². The molecule has 0 saturated heterocycles. The summed E-state index contributed by atoms with van der Waals surface area (Å²) < 4.78 is 0. The number of nitrogens with zero attached hydrogens (tertiary/aromatic N) is 2. The van der Waals surface area contributed by atoms with E-state index in [-0.39, 0.29) is 0 Å². The van der Waals surface area contributed by atoms with E-state index in [2.05, 4.69) is 48.3 Å². The van der Waals surface area contributed by atoms with E-state index in [0.717, 1.165) is 23.7 Å². The van der Waals surface area contributed by atoms with Gasteiger partial charge in [-0.3, -0.25) is 0 Å². The van der Waals surface area contributed by atoms with Gasteiger partial charge >= 0.3 is 0 Å². The zero-order valence-corrected chi connectivity index (χ0v) is 12.8. The van der Waals surface area contributed by atoms with Crippen molar-refractivity contribution in [2.24, 2.45) is 0 Å².